The summed E-state index contributed by atoms with van der Waals surface area (Å²) in [4.78, 5) is 35.0. The van der Waals surface area contributed by atoms with E-state index in [2.05, 4.69) is 15.3 Å². The van der Waals surface area contributed by atoms with Crippen molar-refractivity contribution in [3.05, 3.63) is 58.9 Å². The molecule has 2 aliphatic rings. The molecule has 10 nitrogen and oxygen atoms in total. The summed E-state index contributed by atoms with van der Waals surface area (Å²) in [6.45, 7) is 2.51. The van der Waals surface area contributed by atoms with Crippen molar-refractivity contribution in [1.29, 1.82) is 0 Å². The average Bonchev–Trinajstić information content (AvgIpc) is 3.30. The van der Waals surface area contributed by atoms with Gasteiger partial charge >= 0.3 is 0 Å². The second-order valence-electron chi connectivity index (χ2n) is 8.02. The number of carbonyl (C=O) groups is 2. The molecular weight excluding hydrogens is 474 g/mol. The standard InChI is InChI=1S/C24H26ClN5O5/c1-27-5-3-21(26)29-22(31)15-9-18(34-17-4-8-33-14-17)12-19(10-15)35-23-20(25)11-16(13-28-23)24(32)30-6-2-7-30/h3,5,9-13,17,27H,2,4,6-8,14H2,1H3,(H2,26,29,31)/b5-3-. The lowest BCUT2D eigenvalue weighted by Gasteiger charge is -2.30. The highest BCUT2D eigenvalue weighted by Crippen LogP contribution is 2.32. The molecule has 2 saturated heterocycles. The van der Waals surface area contributed by atoms with E-state index in [1.165, 1.54) is 24.4 Å². The van der Waals surface area contributed by atoms with E-state index in [-0.39, 0.29) is 40.1 Å². The second-order valence-corrected chi connectivity index (χ2v) is 8.43. The third kappa shape index (κ3) is 6.28. The summed E-state index contributed by atoms with van der Waals surface area (Å²) in [6, 6.07) is 6.21. The van der Waals surface area contributed by atoms with Crippen LogP contribution in [0.1, 0.15) is 33.6 Å². The van der Waals surface area contributed by atoms with E-state index in [0.717, 1.165) is 25.9 Å². The summed E-state index contributed by atoms with van der Waals surface area (Å²) in [7, 11) is 1.70. The number of carbonyl (C=O) groups excluding carboxylic acids is 2. The number of likely N-dealkylation sites (tertiary alicyclic amines) is 1. The van der Waals surface area contributed by atoms with Crippen molar-refractivity contribution in [2.75, 3.05) is 33.4 Å². The number of nitrogens with zero attached hydrogens (tertiary/aromatic N) is 3. The maximum Gasteiger partial charge on any atom is 0.279 e. The molecule has 4 rings (SSSR count). The van der Waals surface area contributed by atoms with Crippen molar-refractivity contribution in [3.63, 3.8) is 0 Å². The number of hydrogen-bond donors (Lipinski definition) is 2. The number of benzene rings is 1. The number of nitrogens with two attached hydrogens (primary N) is 1. The maximum atomic E-state index is 12.8. The van der Waals surface area contributed by atoms with Crippen LogP contribution in [0.3, 0.4) is 0 Å². The van der Waals surface area contributed by atoms with Gasteiger partial charge in [0.15, 0.2) is 0 Å². The van der Waals surface area contributed by atoms with Gasteiger partial charge in [0.2, 0.25) is 5.88 Å². The van der Waals surface area contributed by atoms with E-state index in [1.807, 2.05) is 0 Å². The molecule has 3 N–H and O–H groups in total. The van der Waals surface area contributed by atoms with Crippen molar-refractivity contribution in [2.24, 2.45) is 10.7 Å². The quantitative estimate of drug-likeness (QED) is 0.419. The average molecular weight is 500 g/mol. The summed E-state index contributed by atoms with van der Waals surface area (Å²) >= 11 is 6.36. The fourth-order valence-electron chi connectivity index (χ4n) is 3.44. The summed E-state index contributed by atoms with van der Waals surface area (Å²) in [5.74, 6) is 0.0981. The molecule has 1 atom stereocenters. The lowest BCUT2D eigenvalue weighted by atomic mass is 10.1. The number of hydrogen-bond acceptors (Lipinski definition) is 7. The van der Waals surface area contributed by atoms with Gasteiger partial charge in [0, 0.05) is 44.4 Å². The molecule has 2 fully saturated rings. The van der Waals surface area contributed by atoms with Gasteiger partial charge in [-0.25, -0.2) is 4.98 Å². The molecule has 1 aromatic heterocycles. The number of amides is 2. The van der Waals surface area contributed by atoms with E-state index in [1.54, 1.807) is 30.3 Å². The van der Waals surface area contributed by atoms with Crippen LogP contribution < -0.4 is 20.5 Å². The third-order valence-corrected chi connectivity index (χ3v) is 5.65. The molecule has 0 aliphatic carbocycles. The van der Waals surface area contributed by atoms with Gasteiger partial charge in [-0.15, -0.1) is 0 Å². The van der Waals surface area contributed by atoms with Crippen molar-refractivity contribution in [1.82, 2.24) is 15.2 Å². The first-order valence-corrected chi connectivity index (χ1v) is 11.5. The third-order valence-electron chi connectivity index (χ3n) is 5.38. The largest absolute Gasteiger partial charge is 0.488 e. The zero-order chi connectivity index (χ0) is 24.8. The van der Waals surface area contributed by atoms with Crippen LogP contribution >= 0.6 is 11.6 Å². The van der Waals surface area contributed by atoms with Crippen LogP contribution in [0.5, 0.6) is 17.4 Å². The van der Waals surface area contributed by atoms with Crippen molar-refractivity contribution < 1.29 is 23.8 Å². The van der Waals surface area contributed by atoms with Crippen LogP contribution in [-0.4, -0.2) is 67.0 Å². The summed E-state index contributed by atoms with van der Waals surface area (Å²) in [5.41, 5.74) is 6.38. The Morgan fingerprint density at radius 2 is 2.06 bits per heavy atom. The number of pyridine rings is 1. The van der Waals surface area contributed by atoms with E-state index in [0.29, 0.717) is 24.5 Å². The highest BCUT2D eigenvalue weighted by molar-refractivity contribution is 6.32. The molecule has 35 heavy (non-hydrogen) atoms. The first kappa shape index (κ1) is 24.5. The maximum absolute atomic E-state index is 12.8. The second kappa shape index (κ2) is 11.2. The zero-order valence-corrected chi connectivity index (χ0v) is 20.0. The van der Waals surface area contributed by atoms with Crippen molar-refractivity contribution >= 4 is 29.3 Å². The van der Waals surface area contributed by atoms with Crippen LogP contribution in [0.15, 0.2) is 47.7 Å². The van der Waals surface area contributed by atoms with Gasteiger partial charge in [-0.2, -0.15) is 4.99 Å². The van der Waals surface area contributed by atoms with Crippen LogP contribution in [0, 0.1) is 0 Å². The Kier molecular flexibility index (Phi) is 7.84. The number of nitrogens with one attached hydrogen (secondary N) is 1. The smallest absolute Gasteiger partial charge is 0.279 e. The highest BCUT2D eigenvalue weighted by Gasteiger charge is 2.23. The number of amidine groups is 1. The molecule has 2 aromatic rings. The molecule has 1 aromatic carbocycles. The molecular formula is C24H26ClN5O5. The number of aromatic nitrogens is 1. The molecule has 0 bridgehead atoms. The summed E-state index contributed by atoms with van der Waals surface area (Å²) in [5, 5.41) is 2.94. The van der Waals surface area contributed by atoms with E-state index in [4.69, 9.17) is 31.5 Å². The van der Waals surface area contributed by atoms with Crippen molar-refractivity contribution in [2.45, 2.75) is 18.9 Å². The Hall–Kier alpha value is -3.63. The molecule has 0 saturated carbocycles. The number of halogens is 1. The number of aliphatic imine (C=N–C) groups is 1. The minimum absolute atomic E-state index is 0.0366. The lowest BCUT2D eigenvalue weighted by Crippen LogP contribution is -2.42. The Bertz CT molecular complexity index is 1160. The summed E-state index contributed by atoms with van der Waals surface area (Å²) < 4.78 is 17.2. The van der Waals surface area contributed by atoms with Gasteiger partial charge in [-0.05, 0) is 36.9 Å². The fourth-order valence-corrected chi connectivity index (χ4v) is 3.64. The topological polar surface area (TPSA) is 128 Å². The molecule has 0 radical (unpaired) electrons. The van der Waals surface area contributed by atoms with Gasteiger partial charge in [-0.3, -0.25) is 9.59 Å². The minimum atomic E-state index is -0.573. The lowest BCUT2D eigenvalue weighted by molar-refractivity contribution is 0.0651. The molecule has 2 amide bonds. The normalized spacial score (nSPS) is 17.8. The Balaban J connectivity index is 1.59. The highest BCUT2D eigenvalue weighted by atomic mass is 35.5. The number of rotatable bonds is 8. The number of ether oxygens (including phenoxy) is 3. The Morgan fingerprint density at radius 1 is 1.26 bits per heavy atom. The molecule has 1 unspecified atom stereocenters. The zero-order valence-electron chi connectivity index (χ0n) is 19.2. The predicted molar refractivity (Wildman–Crippen MR) is 130 cm³/mol. The SMILES string of the molecule is CN/C=C\C(N)=NC(=O)c1cc(Oc2ncc(C(=O)N3CCC3)cc2Cl)cc(OC2CCOC2)c1. The van der Waals surface area contributed by atoms with E-state index in [9.17, 15) is 9.59 Å². The van der Waals surface area contributed by atoms with Gasteiger partial charge in [0.1, 0.15) is 28.5 Å². The fraction of sp³-hybridized carbons (Fsp3) is 0.333. The van der Waals surface area contributed by atoms with Crippen LogP contribution in [0.25, 0.3) is 0 Å². The van der Waals surface area contributed by atoms with Gasteiger partial charge in [0.05, 0.1) is 18.8 Å². The molecule has 2 aliphatic heterocycles. The first-order valence-electron chi connectivity index (χ1n) is 11.2. The molecule has 3 heterocycles. The van der Waals surface area contributed by atoms with Crippen LogP contribution in [0.2, 0.25) is 5.02 Å². The van der Waals surface area contributed by atoms with Crippen molar-refractivity contribution in [3.8, 4) is 17.4 Å². The van der Waals surface area contributed by atoms with Crippen LogP contribution in [-0.2, 0) is 4.74 Å². The predicted octanol–water partition coefficient (Wildman–Crippen LogP) is 2.77. The molecule has 0 spiro atoms. The monoisotopic (exact) mass is 499 g/mol. The van der Waals surface area contributed by atoms with E-state index >= 15 is 0 Å². The van der Waals surface area contributed by atoms with Gasteiger partial charge in [0.25, 0.3) is 11.8 Å². The van der Waals surface area contributed by atoms with E-state index < -0.39 is 5.91 Å². The first-order chi connectivity index (χ1) is 16.9. The van der Waals surface area contributed by atoms with Gasteiger partial charge in [-0.1, -0.05) is 11.6 Å². The minimum Gasteiger partial charge on any atom is -0.488 e. The molecule has 11 heteroatoms. The van der Waals surface area contributed by atoms with Crippen LogP contribution in [0.4, 0.5) is 0 Å². The van der Waals surface area contributed by atoms with Gasteiger partial charge < -0.3 is 30.2 Å². The Morgan fingerprint density at radius 3 is 2.71 bits per heavy atom. The summed E-state index contributed by atoms with van der Waals surface area (Å²) in [6.07, 6.45) is 6.02. The Labute approximate surface area is 207 Å². The molecule has 184 valence electrons.